The minimum Gasteiger partial charge on any atom is -0.464 e. The third-order valence-electron chi connectivity index (χ3n) is 13.4. The van der Waals surface area contributed by atoms with Crippen LogP contribution in [0.25, 0.3) is 39.0 Å². The van der Waals surface area contributed by atoms with Crippen LogP contribution in [0.4, 0.5) is 9.18 Å². The largest absolute Gasteiger partial charge is 0.464 e. The van der Waals surface area contributed by atoms with Gasteiger partial charge in [-0.1, -0.05) is 26.8 Å². The summed E-state index contributed by atoms with van der Waals surface area (Å²) in [5, 5.41) is 8.54. The number of H-pyrrole nitrogens is 1. The van der Waals surface area contributed by atoms with E-state index in [0.717, 1.165) is 87.0 Å². The van der Waals surface area contributed by atoms with Crippen LogP contribution in [0.3, 0.4) is 0 Å². The Bertz CT molecular complexity index is 2620. The highest BCUT2D eigenvalue weighted by Crippen LogP contribution is 2.57. The Morgan fingerprint density at radius 2 is 1.95 bits per heavy atom. The predicted molar refractivity (Wildman–Crippen MR) is 224 cm³/mol. The summed E-state index contributed by atoms with van der Waals surface area (Å²) in [5.74, 6) is 1.28. The first-order chi connectivity index (χ1) is 28.5. The Morgan fingerprint density at radius 3 is 2.73 bits per heavy atom. The molecule has 6 atom stereocenters. The second kappa shape index (κ2) is 13.6. The first-order valence-electron chi connectivity index (χ1n) is 20.9. The molecule has 5 aromatic rings. The van der Waals surface area contributed by atoms with E-state index in [2.05, 4.69) is 51.4 Å². The Hall–Kier alpha value is -5.34. The fourth-order valence-electron chi connectivity index (χ4n) is 9.83. The van der Waals surface area contributed by atoms with Crippen LogP contribution in [0, 0.1) is 17.2 Å². The number of carbonyl (C=O) groups is 2. The Balaban J connectivity index is 0.901. The Kier molecular flexibility index (Phi) is 8.46. The Labute approximate surface area is 345 Å². The molecule has 2 saturated heterocycles. The monoisotopic (exact) mass is 814 g/mol. The molecule has 3 N–H and O–H groups in total. The van der Waals surface area contributed by atoms with Gasteiger partial charge in [-0.15, -0.1) is 11.3 Å². The van der Waals surface area contributed by atoms with Gasteiger partial charge in [-0.05, 0) is 91.3 Å². The maximum absolute atomic E-state index is 16.8. The Morgan fingerprint density at radius 1 is 1.08 bits per heavy atom. The predicted octanol–water partition coefficient (Wildman–Crippen LogP) is 8.48. The number of ether oxygens (including phenoxy) is 2. The number of aromatic amines is 1. The molecule has 4 fully saturated rings. The SMILES string of the molecule is COC(=O)N[C@H](C(=O)N1CCCC1C1=NC=C(c2cc(F)c3c(c2)OC(c2cnc(C4CC4)s2)n2c-3cc3cc(-c4cnc(C5CC6(C)CC6N5)[nH]4)ccc32)C1)C(C)C. The van der Waals surface area contributed by atoms with Gasteiger partial charge >= 0.3 is 6.09 Å². The summed E-state index contributed by atoms with van der Waals surface area (Å²) in [4.78, 5) is 46.7. The van der Waals surface area contributed by atoms with Crippen molar-refractivity contribution >= 4 is 45.5 Å². The molecule has 2 aliphatic carbocycles. The number of carbonyl (C=O) groups excluding carboxylic acids is 2. The summed E-state index contributed by atoms with van der Waals surface area (Å²) in [5.41, 5.74) is 6.87. The zero-order valence-corrected chi connectivity index (χ0v) is 34.4. The van der Waals surface area contributed by atoms with Crippen LogP contribution in [0.15, 0.2) is 60.0 Å². The fourth-order valence-corrected chi connectivity index (χ4v) is 10.9. The van der Waals surface area contributed by atoms with E-state index in [0.29, 0.717) is 47.2 Å². The van der Waals surface area contributed by atoms with Gasteiger partial charge in [-0.3, -0.25) is 14.4 Å². The van der Waals surface area contributed by atoms with Gasteiger partial charge in [-0.25, -0.2) is 19.2 Å². The number of methoxy groups -OCH3 is 1. The number of amides is 2. The van der Waals surface area contributed by atoms with Gasteiger partial charge in [0.25, 0.3) is 0 Å². The standard InChI is InChI=1S/C45H47FN8O4S/c1-22(2)39(52-44(56)57-4)42(55)53-11-5-6-33(53)29-14-27(19-47-29)25-13-28(46)38-34-15-26-12-24(31-20-48-40(51-31)30-17-45(3)18-37(45)50-30)9-10-32(26)54(34)43(58-35(38)16-25)36-21-49-41(59-36)23-7-8-23/h9-10,12-13,15-16,19-23,30,33,37,39,43,50H,5-8,11,14,17-18H2,1-4H3,(H,48,51)(H,52,56)/t30?,33?,37?,39-,43?,45?/m0/s1. The molecule has 304 valence electrons. The molecule has 5 unspecified atom stereocenters. The summed E-state index contributed by atoms with van der Waals surface area (Å²) in [7, 11) is 1.29. The lowest BCUT2D eigenvalue weighted by molar-refractivity contribution is -0.134. The summed E-state index contributed by atoms with van der Waals surface area (Å²) < 4.78 is 30.6. The van der Waals surface area contributed by atoms with Crippen LogP contribution >= 0.6 is 11.3 Å². The number of benzene rings is 2. The zero-order valence-electron chi connectivity index (χ0n) is 33.5. The van der Waals surface area contributed by atoms with Crippen molar-refractivity contribution in [3.63, 3.8) is 0 Å². The van der Waals surface area contributed by atoms with Crippen LogP contribution in [-0.4, -0.2) is 73.9 Å². The van der Waals surface area contributed by atoms with Crippen molar-refractivity contribution in [1.82, 2.24) is 35.1 Å². The molecule has 0 spiro atoms. The molecule has 3 aromatic heterocycles. The van der Waals surface area contributed by atoms with Gasteiger partial charge in [0, 0.05) is 54.0 Å². The highest BCUT2D eigenvalue weighted by Gasteiger charge is 2.57. The number of thiazole rings is 1. The number of piperidine rings is 1. The van der Waals surface area contributed by atoms with Gasteiger partial charge in [0.1, 0.15) is 23.4 Å². The van der Waals surface area contributed by atoms with Crippen LogP contribution in [0.1, 0.15) is 105 Å². The number of fused-ring (bicyclic) bond motifs is 6. The van der Waals surface area contributed by atoms with Crippen molar-refractivity contribution in [2.75, 3.05) is 13.7 Å². The third kappa shape index (κ3) is 6.20. The zero-order chi connectivity index (χ0) is 40.3. The quantitative estimate of drug-likeness (QED) is 0.136. The van der Waals surface area contributed by atoms with E-state index in [1.165, 1.54) is 13.5 Å². The molecule has 0 bridgehead atoms. The van der Waals surface area contributed by atoms with E-state index in [4.69, 9.17) is 24.4 Å². The average molecular weight is 815 g/mol. The van der Waals surface area contributed by atoms with Gasteiger partial charge in [-0.2, -0.15) is 0 Å². The third-order valence-corrected chi connectivity index (χ3v) is 14.6. The molecular weight excluding hydrogens is 768 g/mol. The first kappa shape index (κ1) is 36.7. The average Bonchev–Trinajstić information content (AvgIpc) is 3.73. The number of nitrogens with one attached hydrogen (secondary N) is 3. The number of allylic oxidation sites excluding steroid dienone is 1. The van der Waals surface area contributed by atoms with Crippen molar-refractivity contribution in [1.29, 1.82) is 0 Å². The van der Waals surface area contributed by atoms with Crippen molar-refractivity contribution in [2.24, 2.45) is 16.3 Å². The minimum atomic E-state index is -0.717. The first-order valence-corrected chi connectivity index (χ1v) is 21.7. The van der Waals surface area contributed by atoms with Crippen LogP contribution in [0.5, 0.6) is 5.75 Å². The molecule has 4 aliphatic heterocycles. The molecule has 6 aliphatic rings. The number of rotatable bonds is 9. The van der Waals surface area contributed by atoms with Crippen molar-refractivity contribution < 1.29 is 23.5 Å². The molecule has 2 amide bonds. The number of imidazole rings is 1. The van der Waals surface area contributed by atoms with Crippen LogP contribution in [-0.2, 0) is 9.53 Å². The van der Waals surface area contributed by atoms with Gasteiger partial charge in [0.2, 0.25) is 12.1 Å². The number of nitrogens with zero attached hydrogens (tertiary/aromatic N) is 5. The number of hydrogen-bond donors (Lipinski definition) is 3. The normalized spacial score (nSPS) is 26.0. The number of aromatic nitrogens is 4. The fraction of sp³-hybridized carbons (Fsp3) is 0.444. The highest BCUT2D eigenvalue weighted by molar-refractivity contribution is 7.11. The lowest BCUT2D eigenvalue weighted by atomic mass is 9.95. The molecule has 7 heterocycles. The van der Waals surface area contributed by atoms with E-state index in [9.17, 15) is 9.59 Å². The number of halogens is 1. The molecule has 0 radical (unpaired) electrons. The molecule has 14 heteroatoms. The smallest absolute Gasteiger partial charge is 0.407 e. The topological polar surface area (TPSA) is 139 Å². The minimum absolute atomic E-state index is 0.131. The van der Waals surface area contributed by atoms with E-state index < -0.39 is 18.4 Å². The molecule has 59 heavy (non-hydrogen) atoms. The molecule has 12 nitrogen and oxygen atoms in total. The maximum Gasteiger partial charge on any atom is 0.407 e. The summed E-state index contributed by atoms with van der Waals surface area (Å²) >= 11 is 1.67. The molecule has 2 aromatic carbocycles. The van der Waals surface area contributed by atoms with Crippen molar-refractivity contribution in [2.45, 2.75) is 102 Å². The van der Waals surface area contributed by atoms with Gasteiger partial charge < -0.3 is 30.0 Å². The van der Waals surface area contributed by atoms with E-state index >= 15 is 4.39 Å². The van der Waals surface area contributed by atoms with Gasteiger partial charge in [0.05, 0.1) is 57.7 Å². The summed E-state index contributed by atoms with van der Waals surface area (Å²) in [6.45, 7) is 6.72. The summed E-state index contributed by atoms with van der Waals surface area (Å²) in [6, 6.07) is 11.8. The van der Waals surface area contributed by atoms with Gasteiger partial charge in [0.15, 0.2) is 0 Å². The van der Waals surface area contributed by atoms with Crippen LogP contribution < -0.4 is 15.4 Å². The highest BCUT2D eigenvalue weighted by atomic mass is 32.1. The number of aliphatic imine (C=N–C) groups is 1. The number of likely N-dealkylation sites (tertiary alicyclic amines) is 1. The second-order valence-electron chi connectivity index (χ2n) is 17.9. The number of hydrogen-bond acceptors (Lipinski definition) is 9. The van der Waals surface area contributed by atoms with Crippen molar-refractivity contribution in [3.05, 3.63) is 82.1 Å². The molecule has 11 rings (SSSR count). The van der Waals surface area contributed by atoms with Crippen LogP contribution in [0.2, 0.25) is 0 Å². The second-order valence-corrected chi connectivity index (χ2v) is 19.0. The van der Waals surface area contributed by atoms with E-state index in [-0.39, 0.29) is 29.7 Å². The maximum atomic E-state index is 16.8. The van der Waals surface area contributed by atoms with E-state index in [1.807, 2.05) is 37.2 Å². The number of alkyl carbamates (subject to hydrolysis) is 1. The van der Waals surface area contributed by atoms with Crippen molar-refractivity contribution in [3.8, 4) is 28.3 Å². The molecular formula is C45H47FN8O4S. The molecule has 2 saturated carbocycles. The summed E-state index contributed by atoms with van der Waals surface area (Å²) in [6.07, 6.45) is 11.2. The lowest BCUT2D eigenvalue weighted by Crippen LogP contribution is -2.53. The lowest BCUT2D eigenvalue weighted by Gasteiger charge is -2.31. The van der Waals surface area contributed by atoms with E-state index in [1.54, 1.807) is 23.6 Å².